The number of rotatable bonds is 8. The van der Waals surface area contributed by atoms with E-state index >= 15 is 0 Å². The topological polar surface area (TPSA) is 119 Å². The number of hydrogen-bond acceptors (Lipinski definition) is 6. The Bertz CT molecular complexity index is 1710. The van der Waals surface area contributed by atoms with Crippen LogP contribution in [0.3, 0.4) is 0 Å². The number of anilines is 1. The van der Waals surface area contributed by atoms with Crippen LogP contribution in [-0.4, -0.2) is 58.3 Å². The molecule has 4 N–H and O–H groups in total. The van der Waals surface area contributed by atoms with Gasteiger partial charge in [0, 0.05) is 54.1 Å². The van der Waals surface area contributed by atoms with Crippen LogP contribution in [-0.2, 0) is 24.9 Å². The lowest BCUT2D eigenvalue weighted by Crippen LogP contribution is -2.30. The molecule has 0 aliphatic carbocycles. The van der Waals surface area contributed by atoms with Gasteiger partial charge in [-0.3, -0.25) is 19.2 Å². The SMILES string of the molecule is C.CN(CC(=O)Nc1cc2c3c(c(-c4cnn(C)c4)[nH]c3c1)C=NNC2=O)Cc1ccccc1.CNCc1ccccc1. The summed E-state index contributed by atoms with van der Waals surface area (Å²) in [6.07, 6.45) is 5.27. The van der Waals surface area contributed by atoms with Gasteiger partial charge in [-0.25, -0.2) is 5.43 Å². The van der Waals surface area contributed by atoms with Crippen molar-refractivity contribution in [3.8, 4) is 11.3 Å². The number of amides is 2. The molecule has 0 atom stereocenters. The fourth-order valence-electron chi connectivity index (χ4n) is 4.93. The van der Waals surface area contributed by atoms with Crippen molar-refractivity contribution in [1.82, 2.24) is 30.4 Å². The number of hydrazone groups is 1. The van der Waals surface area contributed by atoms with E-state index in [1.165, 1.54) is 5.56 Å². The highest BCUT2D eigenvalue weighted by molar-refractivity contribution is 6.18. The summed E-state index contributed by atoms with van der Waals surface area (Å²) in [5.41, 5.74) is 9.21. The minimum atomic E-state index is -0.330. The number of carbonyl (C=O) groups excluding carboxylic acids is 2. The van der Waals surface area contributed by atoms with Gasteiger partial charge in [0.1, 0.15) is 0 Å². The molecule has 3 heterocycles. The van der Waals surface area contributed by atoms with Crippen LogP contribution in [0.25, 0.3) is 22.2 Å². The highest BCUT2D eigenvalue weighted by Crippen LogP contribution is 2.34. The van der Waals surface area contributed by atoms with Crippen molar-refractivity contribution in [3.63, 3.8) is 0 Å². The van der Waals surface area contributed by atoms with Crippen LogP contribution in [0.5, 0.6) is 0 Å². The van der Waals surface area contributed by atoms with Crippen molar-refractivity contribution in [1.29, 1.82) is 0 Å². The molecule has 0 saturated carbocycles. The summed E-state index contributed by atoms with van der Waals surface area (Å²) in [5, 5.41) is 15.1. The Labute approximate surface area is 251 Å². The number of hydrogen-bond donors (Lipinski definition) is 4. The molecule has 0 unspecified atom stereocenters. The lowest BCUT2D eigenvalue weighted by molar-refractivity contribution is -0.117. The van der Waals surface area contributed by atoms with E-state index in [1.54, 1.807) is 23.2 Å². The number of nitrogens with one attached hydrogen (secondary N) is 4. The minimum Gasteiger partial charge on any atom is -0.354 e. The van der Waals surface area contributed by atoms with Crippen molar-refractivity contribution in [2.75, 3.05) is 26.0 Å². The average Bonchev–Trinajstić information content (AvgIpc) is 3.52. The quantitative estimate of drug-likeness (QED) is 0.212. The Hall–Kier alpha value is -5.06. The minimum absolute atomic E-state index is 0. The van der Waals surface area contributed by atoms with E-state index < -0.39 is 0 Å². The molecule has 2 amide bonds. The fourth-order valence-corrected chi connectivity index (χ4v) is 4.93. The Balaban J connectivity index is 0.000000365. The first-order chi connectivity index (χ1) is 20.4. The lowest BCUT2D eigenvalue weighted by Gasteiger charge is -2.16. The number of aryl methyl sites for hydroxylation is 1. The summed E-state index contributed by atoms with van der Waals surface area (Å²) in [4.78, 5) is 30.7. The van der Waals surface area contributed by atoms with E-state index in [4.69, 9.17) is 0 Å². The van der Waals surface area contributed by atoms with Gasteiger partial charge < -0.3 is 15.6 Å². The van der Waals surface area contributed by atoms with Gasteiger partial charge in [0.2, 0.25) is 5.91 Å². The third-order valence-corrected chi connectivity index (χ3v) is 6.75. The van der Waals surface area contributed by atoms with Crippen molar-refractivity contribution in [2.45, 2.75) is 20.5 Å². The molecular weight excluding hydrogens is 540 g/mol. The summed E-state index contributed by atoms with van der Waals surface area (Å²) in [7, 11) is 5.69. The first kappa shape index (κ1) is 30.9. The number of nitrogens with zero attached hydrogens (tertiary/aromatic N) is 4. The van der Waals surface area contributed by atoms with E-state index in [1.807, 2.05) is 86.8 Å². The van der Waals surface area contributed by atoms with Gasteiger partial charge in [-0.15, -0.1) is 0 Å². The van der Waals surface area contributed by atoms with Gasteiger partial charge in [0.25, 0.3) is 5.91 Å². The fraction of sp³-hybridized carbons (Fsp3) is 0.212. The number of likely N-dealkylation sites (N-methyl/N-ethyl adjacent to an activating group) is 1. The van der Waals surface area contributed by atoms with Crippen LogP contribution in [0.15, 0.2) is 90.3 Å². The van der Waals surface area contributed by atoms with Gasteiger partial charge in [-0.1, -0.05) is 68.1 Å². The predicted octanol–water partition coefficient (Wildman–Crippen LogP) is 4.76. The highest BCUT2D eigenvalue weighted by atomic mass is 16.2. The number of aromatic nitrogens is 3. The lowest BCUT2D eigenvalue weighted by atomic mass is 10.0. The van der Waals surface area contributed by atoms with E-state index in [2.05, 4.69) is 43.4 Å². The number of aromatic amines is 1. The van der Waals surface area contributed by atoms with Crippen LogP contribution >= 0.6 is 0 Å². The van der Waals surface area contributed by atoms with E-state index in [9.17, 15) is 9.59 Å². The second-order valence-electron chi connectivity index (χ2n) is 10.2. The number of carbonyl (C=O) groups is 2. The molecule has 1 aliphatic rings. The van der Waals surface area contributed by atoms with Crippen LogP contribution in [0.2, 0.25) is 0 Å². The summed E-state index contributed by atoms with van der Waals surface area (Å²) in [6, 6.07) is 23.8. The summed E-state index contributed by atoms with van der Waals surface area (Å²) in [6.45, 7) is 1.84. The Morgan fingerprint density at radius 1 is 1.02 bits per heavy atom. The van der Waals surface area contributed by atoms with Gasteiger partial charge in [-0.05, 0) is 37.4 Å². The molecule has 222 valence electrons. The zero-order chi connectivity index (χ0) is 29.5. The Morgan fingerprint density at radius 3 is 2.37 bits per heavy atom. The largest absolute Gasteiger partial charge is 0.354 e. The molecule has 6 rings (SSSR count). The second-order valence-corrected chi connectivity index (χ2v) is 10.2. The maximum absolute atomic E-state index is 12.7. The van der Waals surface area contributed by atoms with Crippen molar-refractivity contribution < 1.29 is 9.59 Å². The smallest absolute Gasteiger partial charge is 0.272 e. The van der Waals surface area contributed by atoms with Crippen molar-refractivity contribution >= 4 is 34.6 Å². The number of benzene rings is 3. The third-order valence-electron chi connectivity index (χ3n) is 6.75. The molecule has 0 radical (unpaired) electrons. The summed E-state index contributed by atoms with van der Waals surface area (Å²) in [5.74, 6) is -0.492. The predicted molar refractivity (Wildman–Crippen MR) is 173 cm³/mol. The molecule has 0 spiro atoms. The number of H-pyrrole nitrogens is 1. The maximum Gasteiger partial charge on any atom is 0.272 e. The Kier molecular flexibility index (Phi) is 10.2. The Morgan fingerprint density at radius 2 is 1.72 bits per heavy atom. The van der Waals surface area contributed by atoms with E-state index in [-0.39, 0.29) is 25.8 Å². The zero-order valence-corrected chi connectivity index (χ0v) is 23.9. The van der Waals surface area contributed by atoms with Crippen LogP contribution in [0.1, 0.15) is 34.5 Å². The van der Waals surface area contributed by atoms with Crippen LogP contribution < -0.4 is 16.1 Å². The van der Waals surface area contributed by atoms with Gasteiger partial charge in [-0.2, -0.15) is 10.2 Å². The van der Waals surface area contributed by atoms with Crippen LogP contribution in [0, 0.1) is 0 Å². The third kappa shape index (κ3) is 7.62. The van der Waals surface area contributed by atoms with E-state index in [0.717, 1.165) is 39.8 Å². The maximum atomic E-state index is 12.7. The molecule has 43 heavy (non-hydrogen) atoms. The molecule has 0 fully saturated rings. The normalized spacial score (nSPS) is 11.8. The van der Waals surface area contributed by atoms with Gasteiger partial charge >= 0.3 is 0 Å². The monoisotopic (exact) mass is 578 g/mol. The molecule has 10 heteroatoms. The first-order valence-electron chi connectivity index (χ1n) is 13.6. The molecule has 1 aliphatic heterocycles. The summed E-state index contributed by atoms with van der Waals surface area (Å²) < 4.78 is 1.71. The van der Waals surface area contributed by atoms with Gasteiger partial charge in [0.15, 0.2) is 0 Å². The van der Waals surface area contributed by atoms with Crippen molar-refractivity contribution in [3.05, 3.63) is 107 Å². The summed E-state index contributed by atoms with van der Waals surface area (Å²) >= 11 is 0. The highest BCUT2D eigenvalue weighted by Gasteiger charge is 2.23. The molecule has 10 nitrogen and oxygen atoms in total. The standard InChI is InChI=1S/C24H23N7O2.C8H11N.CH4/c1-30(12-15-6-4-3-5-7-15)14-21(32)27-17-8-18-22-19(11-25-29-24(18)33)23(28-20(22)9-17)16-10-26-31(2)13-16;1-9-7-8-5-3-2-4-6-8;/h3-11,13,28H,12,14H2,1-2H3,(H,27,32)(H,29,33);2-6,9H,7H2,1H3;1H4. The molecule has 5 aromatic rings. The molecule has 3 aromatic carbocycles. The average molecular weight is 579 g/mol. The van der Waals surface area contributed by atoms with Crippen LogP contribution in [0.4, 0.5) is 5.69 Å². The molecular formula is C33H38N8O2. The zero-order valence-electron chi connectivity index (χ0n) is 23.9. The first-order valence-corrected chi connectivity index (χ1v) is 13.6. The molecule has 2 aromatic heterocycles. The van der Waals surface area contributed by atoms with Crippen molar-refractivity contribution in [2.24, 2.45) is 12.1 Å². The second kappa shape index (κ2) is 14.2. The molecule has 0 saturated heterocycles. The van der Waals surface area contributed by atoms with Gasteiger partial charge in [0.05, 0.1) is 30.2 Å². The van der Waals surface area contributed by atoms with E-state index in [0.29, 0.717) is 17.8 Å². The molecule has 0 bridgehead atoms.